The average Bonchev–Trinajstić information content (AvgIpc) is 2.00. The van der Waals surface area contributed by atoms with Crippen molar-refractivity contribution in [2.75, 3.05) is 40.8 Å². The van der Waals surface area contributed by atoms with E-state index in [0.29, 0.717) is 0 Å². The lowest BCUT2D eigenvalue weighted by Gasteiger charge is -2.18. The molecule has 0 amide bonds. The fraction of sp³-hybridized carbons (Fsp3) is 0.889. The van der Waals surface area contributed by atoms with Gasteiger partial charge in [-0.05, 0) is 34.1 Å². The largest absolute Gasteiger partial charge is 0.481 e. The van der Waals surface area contributed by atoms with Gasteiger partial charge in [0.05, 0.1) is 0 Å². The number of hydrogen-bond donors (Lipinski definition) is 1. The van der Waals surface area contributed by atoms with E-state index in [4.69, 9.17) is 5.11 Å². The zero-order chi connectivity index (χ0) is 10.3. The molecule has 0 aliphatic rings. The normalized spacial score (nSPS) is 11.2. The van der Waals surface area contributed by atoms with Gasteiger partial charge in [-0.2, -0.15) is 0 Å². The molecule has 0 saturated heterocycles. The Labute approximate surface area is 80.1 Å². The molecule has 13 heavy (non-hydrogen) atoms. The summed E-state index contributed by atoms with van der Waals surface area (Å²) in [6.07, 6.45) is 1.01. The fourth-order valence-electron chi connectivity index (χ4n) is 0.983. The van der Waals surface area contributed by atoms with Crippen molar-refractivity contribution in [1.29, 1.82) is 0 Å². The number of carboxylic acids is 1. The first-order valence-electron chi connectivity index (χ1n) is 4.57. The second-order valence-electron chi connectivity index (χ2n) is 3.60. The van der Waals surface area contributed by atoms with Crippen LogP contribution < -0.4 is 0 Å². The van der Waals surface area contributed by atoms with Gasteiger partial charge in [0.25, 0.3) is 0 Å². The summed E-state index contributed by atoms with van der Waals surface area (Å²) in [7, 11) is 6.08. The average molecular weight is 188 g/mol. The van der Waals surface area contributed by atoms with Gasteiger partial charge in [0.2, 0.25) is 0 Å². The molecule has 0 aromatic carbocycles. The zero-order valence-electron chi connectivity index (χ0n) is 8.79. The molecule has 1 N–H and O–H groups in total. The van der Waals surface area contributed by atoms with Gasteiger partial charge in [0.15, 0.2) is 0 Å². The molecule has 78 valence electrons. The highest BCUT2D eigenvalue weighted by Crippen LogP contribution is 1.92. The highest BCUT2D eigenvalue weighted by atomic mass is 16.4. The maximum Gasteiger partial charge on any atom is 0.303 e. The van der Waals surface area contributed by atoms with Crippen LogP contribution in [-0.4, -0.2) is 61.7 Å². The van der Waals surface area contributed by atoms with E-state index in [1.54, 1.807) is 0 Å². The van der Waals surface area contributed by atoms with Crippen LogP contribution in [0.3, 0.4) is 0 Å². The molecule has 0 fully saturated rings. The van der Waals surface area contributed by atoms with E-state index in [1.807, 2.05) is 21.1 Å². The van der Waals surface area contributed by atoms with Crippen LogP contribution in [0.2, 0.25) is 0 Å². The van der Waals surface area contributed by atoms with E-state index in [1.165, 1.54) is 0 Å². The molecule has 0 aliphatic heterocycles. The second kappa shape index (κ2) is 6.86. The number of likely N-dealkylation sites (N-methyl/N-ethyl adjacent to an activating group) is 2. The van der Waals surface area contributed by atoms with E-state index in [-0.39, 0.29) is 6.42 Å². The predicted octanol–water partition coefficient (Wildman–Crippen LogP) is 0.345. The van der Waals surface area contributed by atoms with Gasteiger partial charge >= 0.3 is 5.97 Å². The molecule has 0 rings (SSSR count). The van der Waals surface area contributed by atoms with Gasteiger partial charge < -0.3 is 14.9 Å². The molecule has 0 aliphatic carbocycles. The molecular formula is C9H20N2O2. The van der Waals surface area contributed by atoms with Crippen LogP contribution >= 0.6 is 0 Å². The predicted molar refractivity (Wildman–Crippen MR) is 52.9 cm³/mol. The summed E-state index contributed by atoms with van der Waals surface area (Å²) in [4.78, 5) is 14.5. The van der Waals surface area contributed by atoms with Crippen molar-refractivity contribution in [2.24, 2.45) is 0 Å². The number of nitrogens with zero attached hydrogens (tertiary/aromatic N) is 2. The lowest BCUT2D eigenvalue weighted by molar-refractivity contribution is -0.137. The number of carbonyl (C=O) groups is 1. The minimum absolute atomic E-state index is 0.270. The van der Waals surface area contributed by atoms with Crippen molar-refractivity contribution in [2.45, 2.75) is 12.8 Å². The van der Waals surface area contributed by atoms with Crippen LogP contribution in [-0.2, 0) is 4.79 Å². The monoisotopic (exact) mass is 188 g/mol. The molecule has 0 spiro atoms. The summed E-state index contributed by atoms with van der Waals surface area (Å²) in [5, 5.41) is 8.42. The molecule has 0 atom stereocenters. The molecular weight excluding hydrogens is 168 g/mol. The highest BCUT2D eigenvalue weighted by molar-refractivity contribution is 5.66. The van der Waals surface area contributed by atoms with Crippen LogP contribution in [0.15, 0.2) is 0 Å². The first kappa shape index (κ1) is 12.4. The van der Waals surface area contributed by atoms with Crippen LogP contribution in [0.4, 0.5) is 0 Å². The van der Waals surface area contributed by atoms with Gasteiger partial charge in [0, 0.05) is 19.5 Å². The quantitative estimate of drug-likeness (QED) is 0.626. The third-order valence-corrected chi connectivity index (χ3v) is 1.86. The molecule has 0 heterocycles. The van der Waals surface area contributed by atoms with Crippen molar-refractivity contribution in [3.05, 3.63) is 0 Å². The molecule has 4 heteroatoms. The maximum absolute atomic E-state index is 10.2. The molecule has 0 aromatic rings. The molecule has 0 saturated carbocycles. The number of carboxylic acid groups (broad SMARTS) is 1. The Balaban J connectivity index is 3.29. The highest BCUT2D eigenvalue weighted by Gasteiger charge is 2.01. The maximum atomic E-state index is 10.2. The van der Waals surface area contributed by atoms with Gasteiger partial charge in [-0.1, -0.05) is 0 Å². The van der Waals surface area contributed by atoms with Crippen LogP contribution in [0.5, 0.6) is 0 Å². The summed E-state index contributed by atoms with van der Waals surface area (Å²) in [5.41, 5.74) is 0. The van der Waals surface area contributed by atoms with Crippen molar-refractivity contribution in [1.82, 2.24) is 9.80 Å². The Morgan fingerprint density at radius 3 is 2.23 bits per heavy atom. The van der Waals surface area contributed by atoms with Gasteiger partial charge in [-0.3, -0.25) is 4.79 Å². The molecule has 0 unspecified atom stereocenters. The van der Waals surface area contributed by atoms with E-state index in [9.17, 15) is 4.79 Å². The Morgan fingerprint density at radius 1 is 1.15 bits per heavy atom. The minimum Gasteiger partial charge on any atom is -0.481 e. The molecule has 4 nitrogen and oxygen atoms in total. The third kappa shape index (κ3) is 9.30. The van der Waals surface area contributed by atoms with E-state index >= 15 is 0 Å². The van der Waals surface area contributed by atoms with E-state index < -0.39 is 5.97 Å². The standard InChI is InChI=1S/C9H20N2O2/c1-10(2)7-8-11(3)6-4-5-9(12)13/h4-8H2,1-3H3,(H,12,13). The smallest absolute Gasteiger partial charge is 0.303 e. The molecule has 0 bridgehead atoms. The number of rotatable bonds is 7. The molecule has 0 aromatic heterocycles. The summed E-state index contributed by atoms with van der Waals surface area (Å²) < 4.78 is 0. The van der Waals surface area contributed by atoms with Crippen molar-refractivity contribution in [3.8, 4) is 0 Å². The van der Waals surface area contributed by atoms with Crippen molar-refractivity contribution < 1.29 is 9.90 Å². The Bertz CT molecular complexity index is 149. The summed E-state index contributed by atoms with van der Waals surface area (Å²) in [6.45, 7) is 2.87. The topological polar surface area (TPSA) is 43.8 Å². The Hall–Kier alpha value is -0.610. The fourth-order valence-corrected chi connectivity index (χ4v) is 0.983. The van der Waals surface area contributed by atoms with E-state index in [2.05, 4.69) is 9.80 Å². The lowest BCUT2D eigenvalue weighted by atomic mass is 10.3. The third-order valence-electron chi connectivity index (χ3n) is 1.86. The van der Waals surface area contributed by atoms with E-state index in [0.717, 1.165) is 26.1 Å². The van der Waals surface area contributed by atoms with Crippen LogP contribution in [0.25, 0.3) is 0 Å². The zero-order valence-corrected chi connectivity index (χ0v) is 8.79. The lowest BCUT2D eigenvalue weighted by Crippen LogP contribution is -2.29. The number of aliphatic carboxylic acids is 1. The number of hydrogen-bond acceptors (Lipinski definition) is 3. The SMILES string of the molecule is CN(C)CCN(C)CCCC(=O)O. The molecule has 0 radical (unpaired) electrons. The summed E-state index contributed by atoms with van der Waals surface area (Å²) in [5.74, 6) is -0.707. The minimum atomic E-state index is -0.707. The first-order chi connectivity index (χ1) is 6.02. The van der Waals surface area contributed by atoms with Gasteiger partial charge in [-0.15, -0.1) is 0 Å². The van der Waals surface area contributed by atoms with Gasteiger partial charge in [0.1, 0.15) is 0 Å². The Morgan fingerprint density at radius 2 is 1.77 bits per heavy atom. The van der Waals surface area contributed by atoms with Crippen LogP contribution in [0.1, 0.15) is 12.8 Å². The van der Waals surface area contributed by atoms with Crippen LogP contribution in [0, 0.1) is 0 Å². The second-order valence-corrected chi connectivity index (χ2v) is 3.60. The summed E-state index contributed by atoms with van der Waals surface area (Å²) in [6, 6.07) is 0. The van der Waals surface area contributed by atoms with Crippen molar-refractivity contribution >= 4 is 5.97 Å². The first-order valence-corrected chi connectivity index (χ1v) is 4.57. The van der Waals surface area contributed by atoms with Gasteiger partial charge in [-0.25, -0.2) is 0 Å². The Kier molecular flexibility index (Phi) is 6.54. The summed E-state index contributed by atoms with van der Waals surface area (Å²) >= 11 is 0. The van der Waals surface area contributed by atoms with Crippen molar-refractivity contribution in [3.63, 3.8) is 0 Å².